The molecule has 0 aromatic heterocycles. The van der Waals surface area contributed by atoms with Crippen LogP contribution in [0.15, 0.2) is 18.2 Å². The maximum atomic E-state index is 10.7. The zero-order valence-corrected chi connectivity index (χ0v) is 9.41. The average molecular weight is 207 g/mol. The molecule has 2 N–H and O–H groups in total. The Morgan fingerprint density at radius 3 is 2.60 bits per heavy atom. The van der Waals surface area contributed by atoms with Crippen LogP contribution < -0.4 is 5.73 Å². The largest absolute Gasteiger partial charge is 0.398 e. The van der Waals surface area contributed by atoms with Crippen molar-refractivity contribution in [2.45, 2.75) is 33.0 Å². The van der Waals surface area contributed by atoms with Crippen molar-refractivity contribution in [3.63, 3.8) is 0 Å². The van der Waals surface area contributed by atoms with Crippen LogP contribution in [0.25, 0.3) is 0 Å². The van der Waals surface area contributed by atoms with Gasteiger partial charge in [-0.05, 0) is 38.5 Å². The molecule has 0 saturated carbocycles. The van der Waals surface area contributed by atoms with E-state index in [0.717, 1.165) is 11.8 Å². The van der Waals surface area contributed by atoms with Gasteiger partial charge in [0, 0.05) is 11.3 Å². The molecule has 0 saturated heterocycles. The molecular formula is C12H17NO2. The van der Waals surface area contributed by atoms with Crippen LogP contribution >= 0.6 is 0 Å². The molecule has 3 nitrogen and oxygen atoms in total. The fourth-order valence-corrected chi connectivity index (χ4v) is 1.12. The molecule has 0 fully saturated rings. The van der Waals surface area contributed by atoms with Gasteiger partial charge in [0.15, 0.2) is 6.29 Å². The van der Waals surface area contributed by atoms with Gasteiger partial charge >= 0.3 is 0 Å². The lowest BCUT2D eigenvalue weighted by atomic mass is 10.1. The third-order valence-electron chi connectivity index (χ3n) is 1.95. The lowest BCUT2D eigenvalue weighted by molar-refractivity contribution is -0.0149. The Kier molecular flexibility index (Phi) is 3.48. The molecule has 82 valence electrons. The van der Waals surface area contributed by atoms with Crippen LogP contribution in [0, 0.1) is 0 Å². The lowest BCUT2D eigenvalue weighted by Crippen LogP contribution is -2.18. The molecule has 0 aliphatic rings. The highest BCUT2D eigenvalue weighted by molar-refractivity contribution is 5.83. The summed E-state index contributed by atoms with van der Waals surface area (Å²) in [5.74, 6) is 0. The quantitative estimate of drug-likeness (QED) is 0.611. The molecule has 3 heteroatoms. The first kappa shape index (κ1) is 11.7. The molecule has 1 rings (SSSR count). The summed E-state index contributed by atoms with van der Waals surface area (Å²) in [6.07, 6.45) is 0.760. The standard InChI is InChI=1S/C12H17NO2/c1-12(2,3)15-8-9-4-5-11(13)10(6-9)7-14/h4-7H,8,13H2,1-3H3. The van der Waals surface area contributed by atoms with Gasteiger partial charge in [0.25, 0.3) is 0 Å². The molecular weight excluding hydrogens is 190 g/mol. The first-order chi connectivity index (χ1) is 6.92. The molecule has 0 amide bonds. The SMILES string of the molecule is CC(C)(C)OCc1ccc(N)c(C=O)c1. The van der Waals surface area contributed by atoms with Gasteiger partial charge in [-0.1, -0.05) is 6.07 Å². The number of hydrogen-bond acceptors (Lipinski definition) is 3. The van der Waals surface area contributed by atoms with Crippen molar-refractivity contribution in [1.29, 1.82) is 0 Å². The number of carbonyl (C=O) groups excluding carboxylic acids is 1. The predicted molar refractivity (Wildman–Crippen MR) is 60.8 cm³/mol. The lowest BCUT2D eigenvalue weighted by Gasteiger charge is -2.19. The summed E-state index contributed by atoms with van der Waals surface area (Å²) in [6.45, 7) is 6.46. The third-order valence-corrected chi connectivity index (χ3v) is 1.95. The Morgan fingerprint density at radius 2 is 2.07 bits per heavy atom. The van der Waals surface area contributed by atoms with E-state index in [4.69, 9.17) is 10.5 Å². The molecule has 0 aliphatic carbocycles. The Bertz CT molecular complexity index is 353. The smallest absolute Gasteiger partial charge is 0.152 e. The van der Waals surface area contributed by atoms with Crippen LogP contribution in [0.2, 0.25) is 0 Å². The second-order valence-electron chi connectivity index (χ2n) is 4.48. The summed E-state index contributed by atoms with van der Waals surface area (Å²) in [7, 11) is 0. The summed E-state index contributed by atoms with van der Waals surface area (Å²) in [5.41, 5.74) is 7.41. The highest BCUT2D eigenvalue weighted by atomic mass is 16.5. The van der Waals surface area contributed by atoms with Crippen molar-refractivity contribution >= 4 is 12.0 Å². The van der Waals surface area contributed by atoms with E-state index in [9.17, 15) is 4.79 Å². The minimum Gasteiger partial charge on any atom is -0.398 e. The normalized spacial score (nSPS) is 11.4. The van der Waals surface area contributed by atoms with Crippen molar-refractivity contribution in [1.82, 2.24) is 0 Å². The van der Waals surface area contributed by atoms with Crippen LogP contribution in [0.4, 0.5) is 5.69 Å². The second-order valence-corrected chi connectivity index (χ2v) is 4.48. The number of aldehydes is 1. The van der Waals surface area contributed by atoms with Gasteiger partial charge < -0.3 is 10.5 Å². The van der Waals surface area contributed by atoms with Gasteiger partial charge in [-0.2, -0.15) is 0 Å². The van der Waals surface area contributed by atoms with Crippen LogP contribution in [-0.2, 0) is 11.3 Å². The number of hydrogen-bond donors (Lipinski definition) is 1. The van der Waals surface area contributed by atoms with Crippen molar-refractivity contribution in [2.75, 3.05) is 5.73 Å². The monoisotopic (exact) mass is 207 g/mol. The molecule has 0 heterocycles. The van der Waals surface area contributed by atoms with Crippen LogP contribution in [0.1, 0.15) is 36.7 Å². The molecule has 0 atom stereocenters. The molecule has 0 radical (unpaired) electrons. The van der Waals surface area contributed by atoms with Gasteiger partial charge in [0.05, 0.1) is 12.2 Å². The molecule has 0 unspecified atom stereocenters. The Balaban J connectivity index is 2.75. The third kappa shape index (κ3) is 3.72. The number of benzene rings is 1. The highest BCUT2D eigenvalue weighted by Crippen LogP contribution is 2.16. The van der Waals surface area contributed by atoms with Crippen LogP contribution in [0.5, 0.6) is 0 Å². The summed E-state index contributed by atoms with van der Waals surface area (Å²) in [4.78, 5) is 10.7. The zero-order chi connectivity index (χ0) is 11.5. The van der Waals surface area contributed by atoms with E-state index in [1.54, 1.807) is 12.1 Å². The van der Waals surface area contributed by atoms with Crippen molar-refractivity contribution in [3.05, 3.63) is 29.3 Å². The van der Waals surface area contributed by atoms with Crippen molar-refractivity contribution < 1.29 is 9.53 Å². The van der Waals surface area contributed by atoms with E-state index >= 15 is 0 Å². The molecule has 1 aromatic rings. The number of ether oxygens (including phenoxy) is 1. The van der Waals surface area contributed by atoms with E-state index < -0.39 is 0 Å². The van der Waals surface area contributed by atoms with Gasteiger partial charge in [-0.25, -0.2) is 0 Å². The summed E-state index contributed by atoms with van der Waals surface area (Å²) in [5, 5.41) is 0. The molecule has 0 bridgehead atoms. The van der Waals surface area contributed by atoms with Crippen molar-refractivity contribution in [3.8, 4) is 0 Å². The Hall–Kier alpha value is -1.35. The Morgan fingerprint density at radius 1 is 1.40 bits per heavy atom. The van der Waals surface area contributed by atoms with Gasteiger partial charge in [0.1, 0.15) is 0 Å². The van der Waals surface area contributed by atoms with E-state index in [2.05, 4.69) is 0 Å². The minimum absolute atomic E-state index is 0.178. The van der Waals surface area contributed by atoms with E-state index in [-0.39, 0.29) is 5.60 Å². The first-order valence-electron chi connectivity index (χ1n) is 4.90. The van der Waals surface area contributed by atoms with Crippen molar-refractivity contribution in [2.24, 2.45) is 0 Å². The molecule has 0 aliphatic heterocycles. The summed E-state index contributed by atoms with van der Waals surface area (Å²) < 4.78 is 5.60. The first-order valence-corrected chi connectivity index (χ1v) is 4.90. The number of carbonyl (C=O) groups is 1. The van der Waals surface area contributed by atoms with Gasteiger partial charge in [0.2, 0.25) is 0 Å². The molecule has 15 heavy (non-hydrogen) atoms. The van der Waals surface area contributed by atoms with Gasteiger partial charge in [-0.15, -0.1) is 0 Å². The van der Waals surface area contributed by atoms with E-state index in [1.807, 2.05) is 26.8 Å². The fourth-order valence-electron chi connectivity index (χ4n) is 1.12. The number of rotatable bonds is 3. The molecule has 0 spiro atoms. The number of nitrogens with two attached hydrogens (primary N) is 1. The minimum atomic E-state index is -0.178. The highest BCUT2D eigenvalue weighted by Gasteiger charge is 2.10. The average Bonchev–Trinajstić information content (AvgIpc) is 2.15. The topological polar surface area (TPSA) is 52.3 Å². The summed E-state index contributed by atoms with van der Waals surface area (Å²) >= 11 is 0. The maximum absolute atomic E-state index is 10.7. The van der Waals surface area contributed by atoms with Gasteiger partial charge in [-0.3, -0.25) is 4.79 Å². The van der Waals surface area contributed by atoms with E-state index in [1.165, 1.54) is 0 Å². The van der Waals surface area contributed by atoms with Crippen LogP contribution in [0.3, 0.4) is 0 Å². The number of nitrogen functional groups attached to an aromatic ring is 1. The van der Waals surface area contributed by atoms with E-state index in [0.29, 0.717) is 17.9 Å². The fraction of sp³-hybridized carbons (Fsp3) is 0.417. The maximum Gasteiger partial charge on any atom is 0.152 e. The van der Waals surface area contributed by atoms with Crippen LogP contribution in [-0.4, -0.2) is 11.9 Å². The summed E-state index contributed by atoms with van der Waals surface area (Å²) in [6, 6.07) is 5.35. The zero-order valence-electron chi connectivity index (χ0n) is 9.41. The Labute approximate surface area is 90.2 Å². The second kappa shape index (κ2) is 4.45. The molecule has 1 aromatic carbocycles. The predicted octanol–water partition coefficient (Wildman–Crippen LogP) is 2.40. The number of anilines is 1.